The van der Waals surface area contributed by atoms with Crippen LogP contribution in [0, 0.1) is 5.92 Å². The van der Waals surface area contributed by atoms with Crippen molar-refractivity contribution < 1.29 is 47.3 Å². The fourth-order valence-corrected chi connectivity index (χ4v) is 5.96. The first-order valence-electron chi connectivity index (χ1n) is 16.6. The van der Waals surface area contributed by atoms with Gasteiger partial charge in [0.25, 0.3) is 11.8 Å². The van der Waals surface area contributed by atoms with Crippen LogP contribution in [0.25, 0.3) is 0 Å². The second-order valence-electron chi connectivity index (χ2n) is 12.8. The number of hydrogen-bond acceptors (Lipinski definition) is 11. The minimum Gasteiger partial charge on any atom is -0.480 e. The summed E-state index contributed by atoms with van der Waals surface area (Å²) in [5.74, 6) is -3.87. The van der Waals surface area contributed by atoms with Gasteiger partial charge >= 0.3 is 18.2 Å². The molecule has 2 fully saturated rings. The van der Waals surface area contributed by atoms with E-state index >= 15 is 0 Å². The van der Waals surface area contributed by atoms with Gasteiger partial charge in [0.2, 0.25) is 17.7 Å². The van der Waals surface area contributed by atoms with Crippen molar-refractivity contribution in [3.8, 4) is 6.01 Å². The summed E-state index contributed by atoms with van der Waals surface area (Å²) < 4.78 is 43.6. The lowest BCUT2D eigenvalue weighted by Crippen LogP contribution is -2.43. The Kier molecular flexibility index (Phi) is 12.2. The number of nitrogens with zero attached hydrogens (tertiary/aromatic N) is 3. The number of hydrogen-bond donors (Lipinski definition) is 6. The van der Waals surface area contributed by atoms with Crippen molar-refractivity contribution in [1.82, 2.24) is 25.6 Å². The van der Waals surface area contributed by atoms with Gasteiger partial charge in [0.15, 0.2) is 6.61 Å². The molecule has 52 heavy (non-hydrogen) atoms. The molecule has 278 valence electrons. The molecule has 1 aromatic heterocycles. The van der Waals surface area contributed by atoms with Gasteiger partial charge in [0.05, 0.1) is 11.6 Å². The third kappa shape index (κ3) is 11.0. The maximum absolute atomic E-state index is 12.9. The SMILES string of the molecule is O=C(CC1CCCC(O)C1)C(=O)NCC[C@H](NC(=O)c1ccc(Nc2nc(NC3(c4ccc(Cl)cc4)CC3)nc(OCC(F)(F)F)n2)cc1)C(=O)O. The van der Waals surface area contributed by atoms with Crippen molar-refractivity contribution in [3.63, 3.8) is 0 Å². The number of amides is 2. The van der Waals surface area contributed by atoms with Crippen LogP contribution in [0.15, 0.2) is 48.5 Å². The fraction of sp³-hybridized carbons (Fsp3) is 0.441. The average Bonchev–Trinajstić information content (AvgIpc) is 3.87. The molecule has 3 aromatic rings. The van der Waals surface area contributed by atoms with E-state index in [1.165, 1.54) is 24.3 Å². The number of ether oxygens (including phenoxy) is 1. The van der Waals surface area contributed by atoms with Crippen LogP contribution >= 0.6 is 11.6 Å². The monoisotopic (exact) mass is 747 g/mol. The Morgan fingerprint density at radius 2 is 1.67 bits per heavy atom. The van der Waals surface area contributed by atoms with Gasteiger partial charge in [-0.3, -0.25) is 14.4 Å². The molecule has 0 aliphatic heterocycles. The first kappa shape index (κ1) is 38.2. The number of carbonyl (C=O) groups excluding carboxylic acids is 3. The van der Waals surface area contributed by atoms with Crippen LogP contribution in [-0.2, 0) is 19.9 Å². The van der Waals surface area contributed by atoms with Gasteiger partial charge in [-0.25, -0.2) is 4.79 Å². The molecule has 14 nitrogen and oxygen atoms in total. The average molecular weight is 748 g/mol. The predicted octanol–water partition coefficient (Wildman–Crippen LogP) is 4.51. The molecule has 0 radical (unpaired) electrons. The fourth-order valence-electron chi connectivity index (χ4n) is 5.84. The topological polar surface area (TPSA) is 205 Å². The maximum atomic E-state index is 12.9. The number of ketones is 1. The molecule has 2 saturated carbocycles. The number of Topliss-reactive ketones (excluding diaryl/α,β-unsaturated/α-hetero) is 1. The maximum Gasteiger partial charge on any atom is 0.422 e. The molecule has 3 atom stereocenters. The van der Waals surface area contributed by atoms with Crippen LogP contribution in [0.3, 0.4) is 0 Å². The molecule has 2 unspecified atom stereocenters. The Balaban J connectivity index is 1.18. The number of aliphatic hydroxyl groups is 1. The van der Waals surface area contributed by atoms with Crippen molar-refractivity contribution in [1.29, 1.82) is 0 Å². The highest BCUT2D eigenvalue weighted by molar-refractivity contribution is 6.36. The zero-order valence-corrected chi connectivity index (χ0v) is 28.5. The zero-order chi connectivity index (χ0) is 37.5. The van der Waals surface area contributed by atoms with E-state index in [1.54, 1.807) is 12.1 Å². The highest BCUT2D eigenvalue weighted by Crippen LogP contribution is 2.48. The van der Waals surface area contributed by atoms with Gasteiger partial charge < -0.3 is 36.2 Å². The van der Waals surface area contributed by atoms with Crippen LogP contribution in [-0.4, -0.2) is 80.2 Å². The first-order chi connectivity index (χ1) is 24.7. The highest BCUT2D eigenvalue weighted by atomic mass is 35.5. The number of alkyl halides is 3. The second-order valence-corrected chi connectivity index (χ2v) is 13.2. The summed E-state index contributed by atoms with van der Waals surface area (Å²) in [6.07, 6.45) is -1.29. The van der Waals surface area contributed by atoms with Gasteiger partial charge in [-0.05, 0) is 86.4 Å². The van der Waals surface area contributed by atoms with E-state index in [4.69, 9.17) is 16.3 Å². The molecule has 6 N–H and O–H groups in total. The Morgan fingerprint density at radius 3 is 2.31 bits per heavy atom. The summed E-state index contributed by atoms with van der Waals surface area (Å²) in [6.45, 7) is -1.81. The quantitative estimate of drug-likeness (QED) is 0.112. The van der Waals surface area contributed by atoms with Gasteiger partial charge in [0.1, 0.15) is 6.04 Å². The van der Waals surface area contributed by atoms with Gasteiger partial charge in [0, 0.05) is 29.2 Å². The Bertz CT molecular complexity index is 1760. The summed E-state index contributed by atoms with van der Waals surface area (Å²) in [5, 5.41) is 30.8. The molecule has 1 heterocycles. The molecule has 2 aliphatic carbocycles. The van der Waals surface area contributed by atoms with Crippen LogP contribution in [0.1, 0.15) is 67.3 Å². The minimum absolute atomic E-state index is 0.00377. The largest absolute Gasteiger partial charge is 0.480 e. The summed E-state index contributed by atoms with van der Waals surface area (Å²) >= 11 is 6.01. The van der Waals surface area contributed by atoms with E-state index in [-0.39, 0.29) is 42.8 Å². The van der Waals surface area contributed by atoms with Crippen LogP contribution in [0.2, 0.25) is 5.02 Å². The number of aromatic nitrogens is 3. The summed E-state index contributed by atoms with van der Waals surface area (Å²) in [6, 6.07) is 10.8. The first-order valence-corrected chi connectivity index (χ1v) is 17.0. The van der Waals surface area contributed by atoms with E-state index in [0.29, 0.717) is 36.4 Å². The van der Waals surface area contributed by atoms with E-state index in [9.17, 15) is 42.6 Å². The van der Waals surface area contributed by atoms with Crippen molar-refractivity contribution >= 4 is 52.8 Å². The minimum atomic E-state index is -4.64. The van der Waals surface area contributed by atoms with Gasteiger partial charge in [-0.15, -0.1) is 0 Å². The number of rotatable bonds is 16. The molecule has 5 rings (SSSR count). The molecule has 2 amide bonds. The molecule has 2 aromatic carbocycles. The number of nitrogens with one attached hydrogen (secondary N) is 4. The van der Waals surface area contributed by atoms with Crippen molar-refractivity contribution in [2.45, 2.75) is 75.2 Å². The lowest BCUT2D eigenvalue weighted by atomic mass is 9.84. The van der Waals surface area contributed by atoms with Gasteiger partial charge in [-0.2, -0.15) is 28.1 Å². The van der Waals surface area contributed by atoms with Crippen LogP contribution < -0.4 is 26.0 Å². The third-order valence-electron chi connectivity index (χ3n) is 8.69. The highest BCUT2D eigenvalue weighted by Gasteiger charge is 2.45. The van der Waals surface area contributed by atoms with E-state index in [1.807, 2.05) is 12.1 Å². The number of carboxylic acids is 1. The predicted molar refractivity (Wildman–Crippen MR) is 181 cm³/mol. The number of anilines is 3. The Morgan fingerprint density at radius 1 is 0.981 bits per heavy atom. The molecular weight excluding hydrogens is 711 g/mol. The molecule has 0 bridgehead atoms. The number of benzene rings is 2. The van der Waals surface area contributed by atoms with Crippen LogP contribution in [0.5, 0.6) is 6.01 Å². The molecule has 18 heteroatoms. The lowest BCUT2D eigenvalue weighted by molar-refractivity contribution is -0.154. The molecular formula is C34H37ClF3N7O7. The number of aliphatic carboxylic acids is 1. The normalized spacial score (nSPS) is 18.4. The number of carbonyl (C=O) groups is 4. The number of carboxylic acid groups (broad SMARTS) is 1. The van der Waals surface area contributed by atoms with Crippen molar-refractivity contribution in [2.24, 2.45) is 5.92 Å². The van der Waals surface area contributed by atoms with E-state index in [2.05, 4.69) is 36.2 Å². The number of aliphatic hydroxyl groups excluding tert-OH is 1. The standard InChI is InChI=1S/C34H37ClF3N7O7/c35-22-8-6-21(7-9-22)33(13-14-33)45-31-42-30(43-32(44-31)52-18-34(36,37)38)40-23-10-4-20(5-11-23)27(48)41-25(29(50)51)12-15-39-28(49)26(47)17-19-2-1-3-24(46)16-19/h4-11,19,24-25,46H,1-3,12-18H2,(H,39,49)(H,41,48)(H,50,51)(H2,40,42,43,44,45)/t19?,24?,25-/m0/s1. The molecule has 0 spiro atoms. The Labute approximate surface area is 300 Å². The summed E-state index contributed by atoms with van der Waals surface area (Å²) in [7, 11) is 0. The summed E-state index contributed by atoms with van der Waals surface area (Å²) in [4.78, 5) is 61.6. The van der Waals surface area contributed by atoms with Crippen molar-refractivity contribution in [3.05, 3.63) is 64.7 Å². The van der Waals surface area contributed by atoms with Gasteiger partial charge in [-0.1, -0.05) is 30.2 Å². The third-order valence-corrected chi connectivity index (χ3v) is 8.94. The zero-order valence-electron chi connectivity index (χ0n) is 27.7. The second kappa shape index (κ2) is 16.5. The lowest BCUT2D eigenvalue weighted by Gasteiger charge is -2.24. The smallest absolute Gasteiger partial charge is 0.422 e. The van der Waals surface area contributed by atoms with Crippen LogP contribution in [0.4, 0.5) is 30.8 Å². The number of halogens is 4. The summed E-state index contributed by atoms with van der Waals surface area (Å²) in [5.41, 5.74) is 0.738. The van der Waals surface area contributed by atoms with E-state index < -0.39 is 60.0 Å². The Hall–Kier alpha value is -5.03. The van der Waals surface area contributed by atoms with Crippen molar-refractivity contribution in [2.75, 3.05) is 23.8 Å². The molecule has 0 saturated heterocycles. The van der Waals surface area contributed by atoms with E-state index in [0.717, 1.165) is 18.4 Å². The molecule has 2 aliphatic rings.